The van der Waals surface area contributed by atoms with E-state index in [1.807, 2.05) is 0 Å². The Morgan fingerprint density at radius 2 is 1.67 bits per heavy atom. The third-order valence-corrected chi connectivity index (χ3v) is 2.65. The summed E-state index contributed by atoms with van der Waals surface area (Å²) in [6.07, 6.45) is -4.49. The Labute approximate surface area is 109 Å². The van der Waals surface area contributed by atoms with Gasteiger partial charge in [0.15, 0.2) is 16.9 Å². The quantitative estimate of drug-likeness (QED) is 0.749. The molecule has 0 aromatic heterocycles. The molecule has 0 amide bonds. The molecule has 1 aromatic carbocycles. The van der Waals surface area contributed by atoms with Gasteiger partial charge in [0.1, 0.15) is 0 Å². The van der Waals surface area contributed by atoms with Crippen molar-refractivity contribution in [2.75, 3.05) is 13.2 Å². The molecule has 0 spiro atoms. The van der Waals surface area contributed by atoms with E-state index in [9.17, 15) is 13.2 Å². The maximum absolute atomic E-state index is 12.5. The van der Waals surface area contributed by atoms with Crippen LogP contribution in [0.25, 0.3) is 0 Å². The topological polar surface area (TPSA) is 18.5 Å². The highest BCUT2D eigenvalue weighted by atomic mass is 35.5. The fourth-order valence-electron chi connectivity index (χ4n) is 1.41. The van der Waals surface area contributed by atoms with Crippen LogP contribution in [0.2, 0.25) is 0 Å². The highest BCUT2D eigenvalue weighted by Gasteiger charge is 2.39. The minimum Gasteiger partial charge on any atom is -0.490 e. The lowest BCUT2D eigenvalue weighted by Crippen LogP contribution is -2.15. The van der Waals surface area contributed by atoms with Crippen molar-refractivity contribution in [3.8, 4) is 11.5 Å². The van der Waals surface area contributed by atoms with Gasteiger partial charge in [-0.25, -0.2) is 0 Å². The fourth-order valence-corrected chi connectivity index (χ4v) is 1.55. The van der Waals surface area contributed by atoms with Crippen molar-refractivity contribution in [2.45, 2.75) is 25.4 Å². The van der Waals surface area contributed by atoms with Crippen LogP contribution in [0.15, 0.2) is 18.2 Å². The first-order valence-corrected chi connectivity index (χ1v) is 5.94. The summed E-state index contributed by atoms with van der Waals surface area (Å²) in [7, 11) is 0. The van der Waals surface area contributed by atoms with Gasteiger partial charge in [0.2, 0.25) is 0 Å². The number of benzene rings is 1. The number of halogens is 4. The van der Waals surface area contributed by atoms with Crippen LogP contribution in [0.1, 0.15) is 24.8 Å². The summed E-state index contributed by atoms with van der Waals surface area (Å²) in [6, 6.07) is 3.99. The number of hydrogen-bond donors (Lipinski definition) is 0. The second kappa shape index (κ2) is 6.18. The van der Waals surface area contributed by atoms with Crippen LogP contribution in [0.4, 0.5) is 13.2 Å². The average molecular weight is 283 g/mol. The summed E-state index contributed by atoms with van der Waals surface area (Å²) < 4.78 is 48.0. The largest absolute Gasteiger partial charge is 0.490 e. The minimum atomic E-state index is -4.49. The van der Waals surface area contributed by atoms with E-state index in [1.165, 1.54) is 18.2 Å². The van der Waals surface area contributed by atoms with Gasteiger partial charge in [-0.1, -0.05) is 6.07 Å². The van der Waals surface area contributed by atoms with Gasteiger partial charge in [-0.2, -0.15) is 13.2 Å². The summed E-state index contributed by atoms with van der Waals surface area (Å²) in [5, 5.41) is -2.05. The molecule has 102 valence electrons. The standard InChI is InChI=1S/C12H14ClF3O2/c1-3-17-9-6-5-8(7-10(9)18-4-2)11(13)12(14,15)16/h5-7,11H,3-4H2,1-2H3. The van der Waals surface area contributed by atoms with Crippen LogP contribution >= 0.6 is 11.6 Å². The zero-order valence-corrected chi connectivity index (χ0v) is 10.8. The van der Waals surface area contributed by atoms with Crippen molar-refractivity contribution in [1.29, 1.82) is 0 Å². The normalized spacial score (nSPS) is 13.2. The molecule has 6 heteroatoms. The molecule has 0 aliphatic heterocycles. The lowest BCUT2D eigenvalue weighted by molar-refractivity contribution is -0.131. The molecule has 1 aromatic rings. The predicted molar refractivity (Wildman–Crippen MR) is 63.4 cm³/mol. The van der Waals surface area contributed by atoms with Crippen LogP contribution in [0.5, 0.6) is 11.5 Å². The first-order valence-electron chi connectivity index (χ1n) is 5.50. The zero-order chi connectivity index (χ0) is 13.8. The molecule has 18 heavy (non-hydrogen) atoms. The average Bonchev–Trinajstić information content (AvgIpc) is 2.30. The van der Waals surface area contributed by atoms with Crippen LogP contribution in [0.3, 0.4) is 0 Å². The summed E-state index contributed by atoms with van der Waals surface area (Å²) in [5.41, 5.74) is -0.0592. The molecular weight excluding hydrogens is 269 g/mol. The van der Waals surface area contributed by atoms with Crippen LogP contribution in [-0.2, 0) is 0 Å². The van der Waals surface area contributed by atoms with E-state index in [1.54, 1.807) is 13.8 Å². The van der Waals surface area contributed by atoms with Gasteiger partial charge in [0.05, 0.1) is 13.2 Å². The van der Waals surface area contributed by atoms with Crippen LogP contribution < -0.4 is 9.47 Å². The molecule has 0 saturated carbocycles. The summed E-state index contributed by atoms with van der Waals surface area (Å²) in [6.45, 7) is 4.26. The lowest BCUT2D eigenvalue weighted by Gasteiger charge is -2.17. The zero-order valence-electron chi connectivity index (χ0n) is 10.1. The molecular formula is C12H14ClF3O2. The van der Waals surface area contributed by atoms with Gasteiger partial charge in [-0.3, -0.25) is 0 Å². The number of alkyl halides is 4. The van der Waals surface area contributed by atoms with Gasteiger partial charge in [0.25, 0.3) is 0 Å². The third-order valence-electron chi connectivity index (χ3n) is 2.15. The Bertz CT molecular complexity index is 393. The van der Waals surface area contributed by atoms with Gasteiger partial charge in [0, 0.05) is 0 Å². The minimum absolute atomic E-state index is 0.0592. The van der Waals surface area contributed by atoms with E-state index in [0.717, 1.165) is 0 Å². The van der Waals surface area contributed by atoms with E-state index in [4.69, 9.17) is 21.1 Å². The second-order valence-corrected chi connectivity index (χ2v) is 3.91. The van der Waals surface area contributed by atoms with E-state index in [2.05, 4.69) is 0 Å². The Balaban J connectivity index is 3.06. The molecule has 1 rings (SSSR count). The van der Waals surface area contributed by atoms with Gasteiger partial charge in [-0.05, 0) is 31.5 Å². The van der Waals surface area contributed by atoms with E-state index >= 15 is 0 Å². The first-order chi connectivity index (χ1) is 8.40. The Kier molecular flexibility index (Phi) is 5.14. The molecule has 0 bridgehead atoms. The van der Waals surface area contributed by atoms with Crippen molar-refractivity contribution < 1.29 is 22.6 Å². The Morgan fingerprint density at radius 1 is 1.11 bits per heavy atom. The van der Waals surface area contributed by atoms with Gasteiger partial charge < -0.3 is 9.47 Å². The molecule has 0 fully saturated rings. The maximum atomic E-state index is 12.5. The number of hydrogen-bond acceptors (Lipinski definition) is 2. The SMILES string of the molecule is CCOc1ccc(C(Cl)C(F)(F)F)cc1OCC. The van der Waals surface area contributed by atoms with E-state index in [0.29, 0.717) is 19.0 Å². The number of rotatable bonds is 5. The molecule has 0 radical (unpaired) electrons. The first kappa shape index (κ1) is 15.0. The van der Waals surface area contributed by atoms with Crippen molar-refractivity contribution >= 4 is 11.6 Å². The molecule has 0 saturated heterocycles. The molecule has 1 unspecified atom stereocenters. The van der Waals surface area contributed by atoms with Crippen molar-refractivity contribution in [2.24, 2.45) is 0 Å². The highest BCUT2D eigenvalue weighted by molar-refractivity contribution is 6.21. The smallest absolute Gasteiger partial charge is 0.408 e. The fraction of sp³-hybridized carbons (Fsp3) is 0.500. The Hall–Kier alpha value is -1.10. The van der Waals surface area contributed by atoms with Crippen LogP contribution in [-0.4, -0.2) is 19.4 Å². The predicted octanol–water partition coefficient (Wildman–Crippen LogP) is 4.33. The molecule has 0 aliphatic rings. The second-order valence-electron chi connectivity index (χ2n) is 3.48. The molecule has 0 aliphatic carbocycles. The maximum Gasteiger partial charge on any atom is 0.408 e. The van der Waals surface area contributed by atoms with Crippen LogP contribution in [0, 0.1) is 0 Å². The van der Waals surface area contributed by atoms with E-state index in [-0.39, 0.29) is 11.3 Å². The van der Waals surface area contributed by atoms with Crippen molar-refractivity contribution in [3.63, 3.8) is 0 Å². The van der Waals surface area contributed by atoms with Gasteiger partial charge >= 0.3 is 6.18 Å². The highest BCUT2D eigenvalue weighted by Crippen LogP contribution is 2.41. The molecule has 2 nitrogen and oxygen atoms in total. The summed E-state index contributed by atoms with van der Waals surface area (Å²) in [5.74, 6) is 0.681. The third kappa shape index (κ3) is 3.70. The van der Waals surface area contributed by atoms with E-state index < -0.39 is 11.6 Å². The monoisotopic (exact) mass is 282 g/mol. The number of ether oxygens (including phenoxy) is 2. The Morgan fingerprint density at radius 3 is 2.17 bits per heavy atom. The molecule has 0 N–H and O–H groups in total. The van der Waals surface area contributed by atoms with Gasteiger partial charge in [-0.15, -0.1) is 11.6 Å². The summed E-state index contributed by atoms with van der Waals surface area (Å²) >= 11 is 5.36. The summed E-state index contributed by atoms with van der Waals surface area (Å²) in [4.78, 5) is 0. The van der Waals surface area contributed by atoms with Crippen molar-refractivity contribution in [3.05, 3.63) is 23.8 Å². The van der Waals surface area contributed by atoms with Crippen molar-refractivity contribution in [1.82, 2.24) is 0 Å². The lowest BCUT2D eigenvalue weighted by atomic mass is 10.1. The molecule has 0 heterocycles. The molecule has 1 atom stereocenters.